The van der Waals surface area contributed by atoms with Crippen molar-refractivity contribution in [3.8, 4) is 11.5 Å². The van der Waals surface area contributed by atoms with E-state index in [9.17, 15) is 9.59 Å². The lowest BCUT2D eigenvalue weighted by Crippen LogP contribution is -2.49. The van der Waals surface area contributed by atoms with Gasteiger partial charge in [-0.2, -0.15) is 0 Å². The van der Waals surface area contributed by atoms with Gasteiger partial charge in [-0.3, -0.25) is 4.79 Å². The van der Waals surface area contributed by atoms with Gasteiger partial charge in [0.05, 0.1) is 7.11 Å². The molecule has 2 aliphatic heterocycles. The number of carbonyl (C=O) groups is 2. The average molecular weight is 303 g/mol. The molecule has 0 aliphatic carbocycles. The summed E-state index contributed by atoms with van der Waals surface area (Å²) in [5.41, 5.74) is 0.822. The number of likely N-dealkylation sites (tertiary alicyclic amines) is 1. The molecule has 2 aliphatic rings. The van der Waals surface area contributed by atoms with E-state index in [1.165, 1.54) is 12.0 Å². The van der Waals surface area contributed by atoms with Gasteiger partial charge in [-0.05, 0) is 18.2 Å². The first-order valence-electron chi connectivity index (χ1n) is 7.10. The summed E-state index contributed by atoms with van der Waals surface area (Å²) >= 11 is 0. The Morgan fingerprint density at radius 1 is 1.41 bits per heavy atom. The van der Waals surface area contributed by atoms with E-state index in [-0.39, 0.29) is 0 Å². The molecule has 1 fully saturated rings. The molecule has 0 unspecified atom stereocenters. The number of carbonyl (C=O) groups excluding carboxylic acids is 1. The van der Waals surface area contributed by atoms with Crippen LogP contribution in [0.1, 0.15) is 28.8 Å². The van der Waals surface area contributed by atoms with Crippen molar-refractivity contribution in [1.29, 1.82) is 0 Å². The molecule has 0 saturated carbocycles. The minimum Gasteiger partial charge on any atom is -0.493 e. The van der Waals surface area contributed by atoms with Crippen LogP contribution in [0.25, 0.3) is 6.08 Å². The lowest BCUT2D eigenvalue weighted by atomic mass is 9.88. The van der Waals surface area contributed by atoms with Gasteiger partial charge >= 0.3 is 6.09 Å². The number of hydrogen-bond acceptors (Lipinski definition) is 4. The van der Waals surface area contributed by atoms with Crippen molar-refractivity contribution in [2.75, 3.05) is 20.2 Å². The zero-order valence-corrected chi connectivity index (χ0v) is 12.2. The molecule has 1 spiro atoms. The zero-order valence-electron chi connectivity index (χ0n) is 12.2. The van der Waals surface area contributed by atoms with Crippen LogP contribution < -0.4 is 9.47 Å². The van der Waals surface area contributed by atoms with E-state index in [0.717, 1.165) is 11.8 Å². The van der Waals surface area contributed by atoms with E-state index in [0.29, 0.717) is 43.0 Å². The van der Waals surface area contributed by atoms with Crippen molar-refractivity contribution < 1.29 is 24.2 Å². The minimum absolute atomic E-state index is 0.434. The van der Waals surface area contributed by atoms with Crippen LogP contribution in [0.2, 0.25) is 0 Å². The van der Waals surface area contributed by atoms with Crippen LogP contribution in [0, 0.1) is 0 Å². The molecule has 1 N–H and O–H groups in total. The molecule has 1 aromatic rings. The number of nitrogens with zero attached hydrogens (tertiary/aromatic N) is 1. The van der Waals surface area contributed by atoms with Gasteiger partial charge < -0.3 is 19.5 Å². The minimum atomic E-state index is -0.900. The first-order chi connectivity index (χ1) is 10.6. The van der Waals surface area contributed by atoms with Crippen molar-refractivity contribution in [2.45, 2.75) is 18.4 Å². The van der Waals surface area contributed by atoms with Crippen LogP contribution in [-0.4, -0.2) is 48.2 Å². The highest BCUT2D eigenvalue weighted by Crippen LogP contribution is 2.42. The lowest BCUT2D eigenvalue weighted by Gasteiger charge is -2.41. The predicted octanol–water partition coefficient (Wildman–Crippen LogP) is 2.43. The number of ether oxygens (including phenoxy) is 2. The molecule has 6 nitrogen and oxygen atoms in total. The average Bonchev–Trinajstić information content (AvgIpc) is 2.54. The molecule has 1 saturated heterocycles. The van der Waals surface area contributed by atoms with Crippen LogP contribution in [0.3, 0.4) is 0 Å². The molecule has 116 valence electrons. The Morgan fingerprint density at radius 3 is 2.73 bits per heavy atom. The SMILES string of the molecule is COc1cc(C=O)cc2c1OC1(C=C2)CCN(C(=O)O)CC1. The highest BCUT2D eigenvalue weighted by molar-refractivity contribution is 5.80. The topological polar surface area (TPSA) is 76.1 Å². The number of benzene rings is 1. The van der Waals surface area contributed by atoms with Crippen LogP contribution in [0.5, 0.6) is 11.5 Å². The van der Waals surface area contributed by atoms with Crippen molar-refractivity contribution in [3.63, 3.8) is 0 Å². The standard InChI is InChI=1S/C16H17NO5/c1-21-13-9-11(10-18)8-12-2-3-16(22-14(12)13)4-6-17(7-5-16)15(19)20/h2-3,8-10H,4-7H2,1H3,(H,19,20). The number of amides is 1. The van der Waals surface area contributed by atoms with Gasteiger partial charge in [0.25, 0.3) is 0 Å². The van der Waals surface area contributed by atoms with E-state index in [1.54, 1.807) is 12.1 Å². The number of aldehydes is 1. The van der Waals surface area contributed by atoms with Crippen molar-refractivity contribution in [3.05, 3.63) is 29.3 Å². The summed E-state index contributed by atoms with van der Waals surface area (Å²) in [6.45, 7) is 0.869. The number of piperidine rings is 1. The Balaban J connectivity index is 1.89. The fourth-order valence-electron chi connectivity index (χ4n) is 2.92. The second-order valence-electron chi connectivity index (χ2n) is 5.53. The third kappa shape index (κ3) is 2.41. The Morgan fingerprint density at radius 2 is 2.14 bits per heavy atom. The zero-order chi connectivity index (χ0) is 15.7. The van der Waals surface area contributed by atoms with Crippen molar-refractivity contribution in [1.82, 2.24) is 4.90 Å². The molecular weight excluding hydrogens is 286 g/mol. The number of methoxy groups -OCH3 is 1. The molecule has 1 aromatic carbocycles. The Hall–Kier alpha value is -2.50. The Kier molecular flexibility index (Phi) is 3.52. The molecule has 3 rings (SSSR count). The highest BCUT2D eigenvalue weighted by Gasteiger charge is 2.38. The van der Waals surface area contributed by atoms with E-state index in [4.69, 9.17) is 14.6 Å². The summed E-state index contributed by atoms with van der Waals surface area (Å²) in [6, 6.07) is 3.39. The second-order valence-corrected chi connectivity index (χ2v) is 5.53. The van der Waals surface area contributed by atoms with Crippen LogP contribution in [0.15, 0.2) is 18.2 Å². The van der Waals surface area contributed by atoms with Crippen LogP contribution in [0.4, 0.5) is 4.79 Å². The fourth-order valence-corrected chi connectivity index (χ4v) is 2.92. The summed E-state index contributed by atoms with van der Waals surface area (Å²) in [6.07, 6.45) is 4.93. The summed E-state index contributed by atoms with van der Waals surface area (Å²) in [4.78, 5) is 23.4. The quantitative estimate of drug-likeness (QED) is 0.849. The number of hydrogen-bond donors (Lipinski definition) is 1. The molecule has 0 aromatic heterocycles. The van der Waals surface area contributed by atoms with Crippen LogP contribution in [-0.2, 0) is 0 Å². The van der Waals surface area contributed by atoms with Gasteiger partial charge in [0, 0.05) is 37.1 Å². The van der Waals surface area contributed by atoms with Gasteiger partial charge in [-0.25, -0.2) is 4.79 Å². The van der Waals surface area contributed by atoms with Gasteiger partial charge in [-0.1, -0.05) is 6.08 Å². The molecule has 22 heavy (non-hydrogen) atoms. The summed E-state index contributed by atoms with van der Waals surface area (Å²) in [5, 5.41) is 9.04. The van der Waals surface area contributed by atoms with E-state index < -0.39 is 11.7 Å². The molecule has 1 amide bonds. The van der Waals surface area contributed by atoms with E-state index >= 15 is 0 Å². The van der Waals surface area contributed by atoms with Gasteiger partial charge in [0.15, 0.2) is 11.5 Å². The van der Waals surface area contributed by atoms with Crippen molar-refractivity contribution in [2.24, 2.45) is 0 Å². The number of rotatable bonds is 2. The van der Waals surface area contributed by atoms with Crippen molar-refractivity contribution >= 4 is 18.5 Å². The van der Waals surface area contributed by atoms with Gasteiger partial charge in [0.2, 0.25) is 0 Å². The summed E-state index contributed by atoms with van der Waals surface area (Å²) in [7, 11) is 1.53. The third-order valence-corrected chi connectivity index (χ3v) is 4.21. The monoisotopic (exact) mass is 303 g/mol. The van der Waals surface area contributed by atoms with Crippen LogP contribution >= 0.6 is 0 Å². The van der Waals surface area contributed by atoms with Gasteiger partial charge in [0.1, 0.15) is 11.9 Å². The molecular formula is C16H17NO5. The molecule has 6 heteroatoms. The first-order valence-corrected chi connectivity index (χ1v) is 7.10. The Labute approximate surface area is 127 Å². The summed E-state index contributed by atoms with van der Waals surface area (Å²) in [5.74, 6) is 1.13. The Bertz CT molecular complexity index is 644. The largest absolute Gasteiger partial charge is 0.493 e. The molecule has 0 bridgehead atoms. The van der Waals surface area contributed by atoms with Gasteiger partial charge in [-0.15, -0.1) is 0 Å². The molecule has 0 atom stereocenters. The molecule has 2 heterocycles. The normalized spacial score (nSPS) is 18.5. The lowest BCUT2D eigenvalue weighted by molar-refractivity contribution is 0.0382. The number of fused-ring (bicyclic) bond motifs is 1. The molecule has 0 radical (unpaired) electrons. The maximum Gasteiger partial charge on any atom is 0.407 e. The van der Waals surface area contributed by atoms with E-state index in [2.05, 4.69) is 0 Å². The second kappa shape index (κ2) is 5.36. The smallest absolute Gasteiger partial charge is 0.407 e. The first kappa shape index (κ1) is 14.4. The maximum atomic E-state index is 11.0. The fraction of sp³-hybridized carbons (Fsp3) is 0.375. The maximum absolute atomic E-state index is 11.0. The predicted molar refractivity (Wildman–Crippen MR) is 79.6 cm³/mol. The number of carboxylic acid groups (broad SMARTS) is 1. The summed E-state index contributed by atoms with van der Waals surface area (Å²) < 4.78 is 11.5. The highest BCUT2D eigenvalue weighted by atomic mass is 16.5. The van der Waals surface area contributed by atoms with E-state index in [1.807, 2.05) is 12.2 Å². The third-order valence-electron chi connectivity index (χ3n) is 4.21.